The minimum absolute atomic E-state index is 0.0795. The molecule has 22 heavy (non-hydrogen) atoms. The highest BCUT2D eigenvalue weighted by Crippen LogP contribution is 2.32. The fourth-order valence-electron chi connectivity index (χ4n) is 2.97. The Bertz CT molecular complexity index is 736. The van der Waals surface area contributed by atoms with Crippen LogP contribution in [-0.2, 0) is 16.1 Å². The van der Waals surface area contributed by atoms with Gasteiger partial charge in [-0.3, -0.25) is 14.0 Å². The Hall–Kier alpha value is -2.44. The molecule has 0 spiro atoms. The zero-order valence-electron chi connectivity index (χ0n) is 12.1. The van der Waals surface area contributed by atoms with Gasteiger partial charge in [0, 0.05) is 25.2 Å². The Labute approximate surface area is 127 Å². The van der Waals surface area contributed by atoms with E-state index in [1.54, 1.807) is 0 Å². The summed E-state index contributed by atoms with van der Waals surface area (Å²) in [4.78, 5) is 26.0. The van der Waals surface area contributed by atoms with E-state index in [2.05, 4.69) is 15.5 Å². The molecule has 3 heterocycles. The van der Waals surface area contributed by atoms with Crippen molar-refractivity contribution in [2.75, 3.05) is 6.54 Å². The lowest BCUT2D eigenvalue weighted by atomic mass is 10.1. The quantitative estimate of drug-likeness (QED) is 0.884. The zero-order chi connectivity index (χ0) is 15.1. The van der Waals surface area contributed by atoms with Crippen molar-refractivity contribution in [3.63, 3.8) is 0 Å². The lowest BCUT2D eigenvalue weighted by Gasteiger charge is -2.15. The van der Waals surface area contributed by atoms with Crippen LogP contribution in [0.4, 0.5) is 0 Å². The summed E-state index contributed by atoms with van der Waals surface area (Å²) < 4.78 is 1.84. The maximum Gasteiger partial charge on any atom is 0.225 e. The van der Waals surface area contributed by atoms with Crippen molar-refractivity contribution in [3.8, 4) is 0 Å². The molecule has 4 rings (SSSR count). The molecule has 0 aromatic carbocycles. The molecule has 2 aromatic heterocycles. The van der Waals surface area contributed by atoms with Gasteiger partial charge in [-0.25, -0.2) is 0 Å². The second kappa shape index (κ2) is 5.08. The molecule has 2 amide bonds. The van der Waals surface area contributed by atoms with Crippen LogP contribution in [0.2, 0.25) is 0 Å². The molecule has 1 aliphatic heterocycles. The molecule has 0 radical (unpaired) electrons. The number of likely N-dealkylation sites (tertiary alicyclic amines) is 1. The molecule has 0 unspecified atom stereocenters. The summed E-state index contributed by atoms with van der Waals surface area (Å²) in [6.45, 7) is 0.869. The second-order valence-corrected chi connectivity index (χ2v) is 5.94. The minimum Gasteiger partial charge on any atom is -0.348 e. The lowest BCUT2D eigenvalue weighted by molar-refractivity contribution is -0.129. The fraction of sp³-hybridized carbons (Fsp3) is 0.467. The van der Waals surface area contributed by atoms with E-state index >= 15 is 0 Å². The summed E-state index contributed by atoms with van der Waals surface area (Å²) in [6, 6.07) is 6.03. The highest BCUT2D eigenvalue weighted by molar-refractivity contribution is 5.89. The van der Waals surface area contributed by atoms with E-state index in [0.29, 0.717) is 31.4 Å². The third kappa shape index (κ3) is 2.32. The predicted molar refractivity (Wildman–Crippen MR) is 77.7 cm³/mol. The first-order valence-corrected chi connectivity index (χ1v) is 7.58. The SMILES string of the molecule is O=C(NCc1nnc2ccccn12)[C@H]1CC(=O)N(C2CC2)C1. The van der Waals surface area contributed by atoms with Gasteiger partial charge in [-0.1, -0.05) is 6.07 Å². The number of pyridine rings is 1. The summed E-state index contributed by atoms with van der Waals surface area (Å²) in [5.41, 5.74) is 0.753. The van der Waals surface area contributed by atoms with E-state index in [4.69, 9.17) is 0 Å². The molecule has 7 nitrogen and oxygen atoms in total. The Balaban J connectivity index is 1.39. The minimum atomic E-state index is -0.243. The van der Waals surface area contributed by atoms with Gasteiger partial charge in [0.2, 0.25) is 11.8 Å². The number of nitrogens with one attached hydrogen (secondary N) is 1. The fourth-order valence-corrected chi connectivity index (χ4v) is 2.97. The first kappa shape index (κ1) is 13.2. The van der Waals surface area contributed by atoms with E-state index < -0.39 is 0 Å². The first-order valence-electron chi connectivity index (χ1n) is 7.58. The molecule has 7 heteroatoms. The van der Waals surface area contributed by atoms with Gasteiger partial charge >= 0.3 is 0 Å². The van der Waals surface area contributed by atoms with Crippen LogP contribution in [0.15, 0.2) is 24.4 Å². The molecule has 114 valence electrons. The predicted octanol–water partition coefficient (Wildman–Crippen LogP) is 0.356. The molecule has 2 aliphatic rings. The van der Waals surface area contributed by atoms with Crippen LogP contribution in [0.5, 0.6) is 0 Å². The molecular formula is C15H17N5O2. The van der Waals surface area contributed by atoms with Crippen LogP contribution >= 0.6 is 0 Å². The summed E-state index contributed by atoms with van der Waals surface area (Å²) in [5.74, 6) is 0.472. The van der Waals surface area contributed by atoms with Crippen LogP contribution in [0.25, 0.3) is 5.65 Å². The van der Waals surface area contributed by atoms with Crippen molar-refractivity contribution in [1.29, 1.82) is 0 Å². The number of rotatable bonds is 4. The van der Waals surface area contributed by atoms with Gasteiger partial charge in [-0.2, -0.15) is 0 Å². The summed E-state index contributed by atoms with van der Waals surface area (Å²) in [6.07, 6.45) is 4.34. The number of aromatic nitrogens is 3. The molecule has 1 saturated carbocycles. The molecule has 2 fully saturated rings. The van der Waals surface area contributed by atoms with Crippen LogP contribution in [-0.4, -0.2) is 43.9 Å². The van der Waals surface area contributed by atoms with Crippen molar-refractivity contribution >= 4 is 17.5 Å². The van der Waals surface area contributed by atoms with Gasteiger partial charge in [-0.15, -0.1) is 10.2 Å². The van der Waals surface area contributed by atoms with Crippen molar-refractivity contribution < 1.29 is 9.59 Å². The largest absolute Gasteiger partial charge is 0.348 e. The molecule has 1 N–H and O–H groups in total. The van der Waals surface area contributed by atoms with Gasteiger partial charge in [0.05, 0.1) is 12.5 Å². The first-order chi connectivity index (χ1) is 10.7. The molecule has 1 saturated heterocycles. The highest BCUT2D eigenvalue weighted by Gasteiger charge is 2.41. The Morgan fingerprint density at radius 3 is 3.00 bits per heavy atom. The Kier molecular flexibility index (Phi) is 3.06. The smallest absolute Gasteiger partial charge is 0.225 e. The maximum absolute atomic E-state index is 12.3. The average molecular weight is 299 g/mol. The molecule has 2 aromatic rings. The monoisotopic (exact) mass is 299 g/mol. The number of amides is 2. The Morgan fingerprint density at radius 2 is 2.18 bits per heavy atom. The van der Waals surface area contributed by atoms with Crippen LogP contribution in [0.3, 0.4) is 0 Å². The van der Waals surface area contributed by atoms with Gasteiger partial charge < -0.3 is 10.2 Å². The summed E-state index contributed by atoms with van der Waals surface area (Å²) in [7, 11) is 0. The Morgan fingerprint density at radius 1 is 1.32 bits per heavy atom. The van der Waals surface area contributed by atoms with Crippen LogP contribution in [0, 0.1) is 5.92 Å². The third-order valence-corrected chi connectivity index (χ3v) is 4.32. The number of hydrogen-bond donors (Lipinski definition) is 1. The van der Waals surface area contributed by atoms with Crippen molar-refractivity contribution in [3.05, 3.63) is 30.2 Å². The number of carbonyl (C=O) groups excluding carboxylic acids is 2. The van der Waals surface area contributed by atoms with Crippen molar-refractivity contribution in [1.82, 2.24) is 24.8 Å². The maximum atomic E-state index is 12.3. The van der Waals surface area contributed by atoms with E-state index in [-0.39, 0.29) is 17.7 Å². The normalized spacial score (nSPS) is 21.5. The molecule has 1 atom stereocenters. The highest BCUT2D eigenvalue weighted by atomic mass is 16.2. The molecule has 1 aliphatic carbocycles. The van der Waals surface area contributed by atoms with Crippen molar-refractivity contribution in [2.45, 2.75) is 31.8 Å². The van der Waals surface area contributed by atoms with E-state index in [9.17, 15) is 9.59 Å². The average Bonchev–Trinajstić information content (AvgIpc) is 3.17. The third-order valence-electron chi connectivity index (χ3n) is 4.32. The van der Waals surface area contributed by atoms with Gasteiger partial charge in [0.15, 0.2) is 11.5 Å². The molecule has 0 bridgehead atoms. The lowest BCUT2D eigenvalue weighted by Crippen LogP contribution is -2.33. The molecular weight excluding hydrogens is 282 g/mol. The number of fused-ring (bicyclic) bond motifs is 1. The van der Waals surface area contributed by atoms with Crippen molar-refractivity contribution in [2.24, 2.45) is 5.92 Å². The van der Waals surface area contributed by atoms with E-state index in [0.717, 1.165) is 18.5 Å². The summed E-state index contributed by atoms with van der Waals surface area (Å²) >= 11 is 0. The number of carbonyl (C=O) groups is 2. The number of hydrogen-bond acceptors (Lipinski definition) is 4. The zero-order valence-corrected chi connectivity index (χ0v) is 12.1. The van der Waals surface area contributed by atoms with E-state index in [1.807, 2.05) is 33.7 Å². The van der Waals surface area contributed by atoms with E-state index in [1.165, 1.54) is 0 Å². The van der Waals surface area contributed by atoms with Gasteiger partial charge in [-0.05, 0) is 25.0 Å². The van der Waals surface area contributed by atoms with Gasteiger partial charge in [0.25, 0.3) is 0 Å². The standard InChI is InChI=1S/C15H17N5O2/c21-14-7-10(9-20(14)11-4-5-11)15(22)16-8-13-18-17-12-3-1-2-6-19(12)13/h1-3,6,10-11H,4-5,7-9H2,(H,16,22)/t10-/m0/s1. The van der Waals surface area contributed by atoms with Crippen LogP contribution < -0.4 is 5.32 Å². The van der Waals surface area contributed by atoms with Gasteiger partial charge in [0.1, 0.15) is 0 Å². The second-order valence-electron chi connectivity index (χ2n) is 5.94. The number of nitrogens with zero attached hydrogens (tertiary/aromatic N) is 4. The van der Waals surface area contributed by atoms with Crippen LogP contribution in [0.1, 0.15) is 25.1 Å². The topological polar surface area (TPSA) is 79.6 Å². The summed E-state index contributed by atoms with van der Waals surface area (Å²) in [5, 5.41) is 11.0.